The number of nitrogens with two attached hydrogens (primary N) is 1. The van der Waals surface area contributed by atoms with Gasteiger partial charge in [0.1, 0.15) is 0 Å². The molecular weight excluding hydrogens is 346 g/mol. The molecule has 0 saturated heterocycles. The predicted molar refractivity (Wildman–Crippen MR) is 106 cm³/mol. The van der Waals surface area contributed by atoms with E-state index in [4.69, 9.17) is 22.3 Å². The zero-order chi connectivity index (χ0) is 18.1. The molecule has 26 heavy (non-hydrogen) atoms. The molecule has 0 atom stereocenters. The Morgan fingerprint density at radius 3 is 2.54 bits per heavy atom. The number of hydrogen-bond acceptors (Lipinski definition) is 4. The van der Waals surface area contributed by atoms with E-state index in [0.717, 1.165) is 39.0 Å². The van der Waals surface area contributed by atoms with E-state index in [-0.39, 0.29) is 0 Å². The average Bonchev–Trinajstić information content (AvgIpc) is 3.12. The highest BCUT2D eigenvalue weighted by Gasteiger charge is 2.13. The molecular formula is C20H18ClN5. The lowest BCUT2D eigenvalue weighted by molar-refractivity contribution is 0.893. The third-order valence-corrected chi connectivity index (χ3v) is 4.51. The SMILES string of the molecule is CN(Cc1ccc(Cl)cc1)c1nc(-c2ccc(N)cc2)cn2ccnc12. The summed E-state index contributed by atoms with van der Waals surface area (Å²) < 4.78 is 1.99. The van der Waals surface area contributed by atoms with Gasteiger partial charge in [0.2, 0.25) is 0 Å². The Labute approximate surface area is 156 Å². The molecule has 2 aromatic carbocycles. The normalized spacial score (nSPS) is 11.0. The van der Waals surface area contributed by atoms with Crippen LogP contribution in [0, 0.1) is 0 Å². The first-order valence-electron chi connectivity index (χ1n) is 8.25. The van der Waals surface area contributed by atoms with Crippen molar-refractivity contribution in [2.75, 3.05) is 17.7 Å². The van der Waals surface area contributed by atoms with E-state index in [1.165, 1.54) is 0 Å². The van der Waals surface area contributed by atoms with Crippen LogP contribution in [0.1, 0.15) is 5.56 Å². The molecule has 4 aromatic rings. The van der Waals surface area contributed by atoms with Crippen LogP contribution in [0.25, 0.3) is 16.9 Å². The Morgan fingerprint density at radius 1 is 1.08 bits per heavy atom. The Balaban J connectivity index is 1.74. The highest BCUT2D eigenvalue weighted by Crippen LogP contribution is 2.25. The maximum absolute atomic E-state index is 5.98. The first kappa shape index (κ1) is 16.4. The van der Waals surface area contributed by atoms with Gasteiger partial charge in [-0.25, -0.2) is 9.97 Å². The lowest BCUT2D eigenvalue weighted by Crippen LogP contribution is -2.19. The number of nitrogen functional groups attached to an aromatic ring is 1. The Hall–Kier alpha value is -3.05. The smallest absolute Gasteiger partial charge is 0.180 e. The van der Waals surface area contributed by atoms with E-state index in [1.807, 2.05) is 72.4 Å². The van der Waals surface area contributed by atoms with Gasteiger partial charge in [0.25, 0.3) is 0 Å². The van der Waals surface area contributed by atoms with Crippen molar-refractivity contribution < 1.29 is 0 Å². The number of anilines is 2. The number of benzene rings is 2. The van der Waals surface area contributed by atoms with Crippen LogP contribution in [0.2, 0.25) is 5.02 Å². The average molecular weight is 364 g/mol. The molecule has 0 fully saturated rings. The Bertz CT molecular complexity index is 1040. The minimum absolute atomic E-state index is 0.706. The van der Waals surface area contributed by atoms with Gasteiger partial charge in [0.15, 0.2) is 11.5 Å². The van der Waals surface area contributed by atoms with Crippen molar-refractivity contribution in [3.05, 3.63) is 77.7 Å². The molecule has 6 heteroatoms. The van der Waals surface area contributed by atoms with E-state index in [9.17, 15) is 0 Å². The summed E-state index contributed by atoms with van der Waals surface area (Å²) in [5.41, 5.74) is 10.4. The van der Waals surface area contributed by atoms with Crippen molar-refractivity contribution in [2.45, 2.75) is 6.54 Å². The number of fused-ring (bicyclic) bond motifs is 1. The van der Waals surface area contributed by atoms with Gasteiger partial charge in [0, 0.05) is 48.5 Å². The topological polar surface area (TPSA) is 59.5 Å². The minimum atomic E-state index is 0.706. The number of nitrogens with zero attached hydrogens (tertiary/aromatic N) is 4. The van der Waals surface area contributed by atoms with Crippen molar-refractivity contribution in [1.82, 2.24) is 14.4 Å². The van der Waals surface area contributed by atoms with Crippen LogP contribution in [-0.4, -0.2) is 21.4 Å². The van der Waals surface area contributed by atoms with E-state index >= 15 is 0 Å². The second-order valence-corrected chi connectivity index (χ2v) is 6.65. The molecule has 0 amide bonds. The van der Waals surface area contributed by atoms with Gasteiger partial charge in [-0.1, -0.05) is 35.9 Å². The van der Waals surface area contributed by atoms with Gasteiger partial charge in [-0.05, 0) is 29.8 Å². The van der Waals surface area contributed by atoms with E-state index < -0.39 is 0 Å². The lowest BCUT2D eigenvalue weighted by Gasteiger charge is -2.20. The summed E-state index contributed by atoms with van der Waals surface area (Å²) in [6, 6.07) is 15.5. The number of halogens is 1. The van der Waals surface area contributed by atoms with Crippen LogP contribution in [-0.2, 0) is 6.54 Å². The summed E-state index contributed by atoms with van der Waals surface area (Å²) >= 11 is 5.98. The molecule has 5 nitrogen and oxygen atoms in total. The monoisotopic (exact) mass is 363 g/mol. The number of rotatable bonds is 4. The van der Waals surface area contributed by atoms with Gasteiger partial charge in [-0.15, -0.1) is 0 Å². The largest absolute Gasteiger partial charge is 0.399 e. The molecule has 2 N–H and O–H groups in total. The first-order valence-corrected chi connectivity index (χ1v) is 8.63. The fourth-order valence-electron chi connectivity index (χ4n) is 2.90. The zero-order valence-corrected chi connectivity index (χ0v) is 15.1. The highest BCUT2D eigenvalue weighted by molar-refractivity contribution is 6.30. The summed E-state index contributed by atoms with van der Waals surface area (Å²) in [5, 5.41) is 0.732. The van der Waals surface area contributed by atoms with Crippen molar-refractivity contribution in [3.63, 3.8) is 0 Å². The molecule has 0 aliphatic heterocycles. The molecule has 0 aliphatic rings. The fraction of sp³-hybridized carbons (Fsp3) is 0.100. The standard InChI is InChI=1S/C20H18ClN5/c1-25(12-14-2-6-16(21)7-3-14)20-19-23-10-11-26(19)13-18(24-20)15-4-8-17(22)9-5-15/h2-11,13H,12,22H2,1H3. The molecule has 0 unspecified atom stereocenters. The van der Waals surface area contributed by atoms with E-state index in [1.54, 1.807) is 6.20 Å². The molecule has 130 valence electrons. The van der Waals surface area contributed by atoms with Crippen molar-refractivity contribution >= 4 is 28.8 Å². The third-order valence-electron chi connectivity index (χ3n) is 4.26. The van der Waals surface area contributed by atoms with E-state index in [0.29, 0.717) is 6.54 Å². The number of imidazole rings is 1. The molecule has 4 rings (SSSR count). The minimum Gasteiger partial charge on any atom is -0.399 e. The van der Waals surface area contributed by atoms with Crippen molar-refractivity contribution in [3.8, 4) is 11.3 Å². The molecule has 0 spiro atoms. The molecule has 0 aliphatic carbocycles. The quantitative estimate of drug-likeness (QED) is 0.550. The summed E-state index contributed by atoms with van der Waals surface area (Å²) in [5.74, 6) is 0.819. The van der Waals surface area contributed by atoms with Crippen LogP contribution in [0.5, 0.6) is 0 Å². The van der Waals surface area contributed by atoms with Crippen LogP contribution in [0.15, 0.2) is 67.1 Å². The summed E-state index contributed by atoms with van der Waals surface area (Å²) in [6.07, 6.45) is 5.69. The lowest BCUT2D eigenvalue weighted by atomic mass is 10.1. The Kier molecular flexibility index (Phi) is 4.22. The first-order chi connectivity index (χ1) is 12.6. The van der Waals surface area contributed by atoms with Crippen LogP contribution < -0.4 is 10.6 Å². The predicted octanol–water partition coefficient (Wildman–Crippen LogP) is 4.27. The second-order valence-electron chi connectivity index (χ2n) is 6.21. The van der Waals surface area contributed by atoms with Gasteiger partial charge in [0.05, 0.1) is 5.69 Å². The molecule has 0 saturated carbocycles. The number of aromatic nitrogens is 3. The number of hydrogen-bond donors (Lipinski definition) is 1. The maximum Gasteiger partial charge on any atom is 0.180 e. The van der Waals surface area contributed by atoms with Gasteiger partial charge >= 0.3 is 0 Å². The summed E-state index contributed by atoms with van der Waals surface area (Å²) in [4.78, 5) is 11.4. The van der Waals surface area contributed by atoms with Crippen LogP contribution in [0.3, 0.4) is 0 Å². The molecule has 0 bridgehead atoms. The van der Waals surface area contributed by atoms with E-state index in [2.05, 4.69) is 9.88 Å². The Morgan fingerprint density at radius 2 is 1.81 bits per heavy atom. The van der Waals surface area contributed by atoms with Crippen LogP contribution >= 0.6 is 11.6 Å². The van der Waals surface area contributed by atoms with Crippen LogP contribution in [0.4, 0.5) is 11.5 Å². The molecule has 2 aromatic heterocycles. The molecule has 2 heterocycles. The summed E-state index contributed by atoms with van der Waals surface area (Å²) in [6.45, 7) is 0.706. The van der Waals surface area contributed by atoms with Gasteiger partial charge in [-0.3, -0.25) is 0 Å². The maximum atomic E-state index is 5.98. The zero-order valence-electron chi connectivity index (χ0n) is 14.3. The van der Waals surface area contributed by atoms with Crippen molar-refractivity contribution in [2.24, 2.45) is 0 Å². The third kappa shape index (κ3) is 3.21. The van der Waals surface area contributed by atoms with Gasteiger partial charge in [-0.2, -0.15) is 0 Å². The van der Waals surface area contributed by atoms with Gasteiger partial charge < -0.3 is 15.0 Å². The second kappa shape index (κ2) is 6.69. The highest BCUT2D eigenvalue weighted by atomic mass is 35.5. The summed E-state index contributed by atoms with van der Waals surface area (Å²) in [7, 11) is 2.01. The fourth-order valence-corrected chi connectivity index (χ4v) is 3.03. The van der Waals surface area contributed by atoms with Crippen molar-refractivity contribution in [1.29, 1.82) is 0 Å². The molecule has 0 radical (unpaired) electrons.